The monoisotopic (exact) mass is 393 g/mol. The lowest BCUT2D eigenvalue weighted by atomic mass is 10.1. The van der Waals surface area contributed by atoms with Crippen molar-refractivity contribution in [1.82, 2.24) is 15.2 Å². The van der Waals surface area contributed by atoms with Crippen LogP contribution < -0.4 is 5.32 Å². The van der Waals surface area contributed by atoms with Crippen LogP contribution in [-0.4, -0.2) is 35.4 Å². The zero-order valence-corrected chi connectivity index (χ0v) is 17.0. The van der Waals surface area contributed by atoms with Gasteiger partial charge in [0.15, 0.2) is 0 Å². The molecule has 152 valence electrons. The maximum Gasteiger partial charge on any atom is 0.226 e. The van der Waals surface area contributed by atoms with Gasteiger partial charge in [-0.05, 0) is 64.0 Å². The van der Waals surface area contributed by atoms with Crippen LogP contribution in [0.1, 0.15) is 41.7 Å². The lowest BCUT2D eigenvalue weighted by molar-refractivity contribution is -0.120. The van der Waals surface area contributed by atoms with Crippen LogP contribution in [0.5, 0.6) is 0 Å². The highest BCUT2D eigenvalue weighted by Gasteiger charge is 2.26. The summed E-state index contributed by atoms with van der Waals surface area (Å²) in [4.78, 5) is 19.5. The molecule has 1 amide bonds. The molecule has 4 rings (SSSR count). The number of carbonyl (C=O) groups is 1. The zero-order chi connectivity index (χ0) is 20.2. The number of likely N-dealkylation sites (tertiary alicyclic amines) is 1. The molecule has 1 aliphatic rings. The third-order valence-electron chi connectivity index (χ3n) is 5.46. The summed E-state index contributed by atoms with van der Waals surface area (Å²) in [7, 11) is 0. The number of nitrogens with one attached hydrogen (secondary N) is 1. The molecule has 1 unspecified atom stereocenters. The molecule has 3 aromatic rings. The van der Waals surface area contributed by atoms with E-state index in [-0.39, 0.29) is 18.4 Å². The molecule has 0 aliphatic carbocycles. The van der Waals surface area contributed by atoms with Gasteiger partial charge in [0.2, 0.25) is 11.8 Å². The SMILES string of the molecule is Cc1ccc(-c2nc(CC(=O)NCC(c3ccco3)N3CCCC3)c(C)o2)cc1. The molecule has 1 saturated heterocycles. The summed E-state index contributed by atoms with van der Waals surface area (Å²) in [5, 5.41) is 3.06. The van der Waals surface area contributed by atoms with E-state index in [9.17, 15) is 4.79 Å². The minimum atomic E-state index is -0.0624. The standard InChI is InChI=1S/C23H27N3O3/c1-16-7-9-18(10-8-16)23-25-19(17(2)29-23)14-22(27)24-15-20(21-6-5-13-28-21)26-11-3-4-12-26/h5-10,13,20H,3-4,11-12,14-15H2,1-2H3,(H,24,27). The number of hydrogen-bond acceptors (Lipinski definition) is 5. The second-order valence-electron chi connectivity index (χ2n) is 7.64. The molecule has 1 N–H and O–H groups in total. The number of oxazole rings is 1. The summed E-state index contributed by atoms with van der Waals surface area (Å²) in [6.07, 6.45) is 4.26. The van der Waals surface area contributed by atoms with Gasteiger partial charge in [0.05, 0.1) is 24.4 Å². The Balaban J connectivity index is 1.39. The van der Waals surface area contributed by atoms with Gasteiger partial charge in [-0.1, -0.05) is 17.7 Å². The van der Waals surface area contributed by atoms with E-state index < -0.39 is 0 Å². The van der Waals surface area contributed by atoms with Gasteiger partial charge in [-0.2, -0.15) is 0 Å². The molecule has 0 bridgehead atoms. The average molecular weight is 393 g/mol. The van der Waals surface area contributed by atoms with E-state index in [1.807, 2.05) is 50.2 Å². The first-order valence-corrected chi connectivity index (χ1v) is 10.2. The van der Waals surface area contributed by atoms with Gasteiger partial charge < -0.3 is 14.2 Å². The largest absolute Gasteiger partial charge is 0.468 e. The summed E-state index contributed by atoms with van der Waals surface area (Å²) in [6, 6.07) is 11.9. The number of carbonyl (C=O) groups excluding carboxylic acids is 1. The maximum atomic E-state index is 12.6. The number of amides is 1. The van der Waals surface area contributed by atoms with Crippen molar-refractivity contribution in [1.29, 1.82) is 0 Å². The number of hydrogen-bond donors (Lipinski definition) is 1. The van der Waals surface area contributed by atoms with E-state index in [0.717, 1.165) is 24.4 Å². The van der Waals surface area contributed by atoms with Crippen molar-refractivity contribution < 1.29 is 13.6 Å². The Bertz CT molecular complexity index is 938. The zero-order valence-electron chi connectivity index (χ0n) is 17.0. The topological polar surface area (TPSA) is 71.5 Å². The van der Waals surface area contributed by atoms with Gasteiger partial charge in [0.25, 0.3) is 0 Å². The Morgan fingerprint density at radius 1 is 1.17 bits per heavy atom. The lowest BCUT2D eigenvalue weighted by Gasteiger charge is -2.25. The fraction of sp³-hybridized carbons (Fsp3) is 0.391. The molecule has 6 nitrogen and oxygen atoms in total. The molecule has 6 heteroatoms. The minimum absolute atomic E-state index is 0.0624. The molecular formula is C23H27N3O3. The molecule has 2 aromatic heterocycles. The van der Waals surface area contributed by atoms with Crippen molar-refractivity contribution >= 4 is 5.91 Å². The van der Waals surface area contributed by atoms with Gasteiger partial charge in [-0.3, -0.25) is 9.69 Å². The number of benzene rings is 1. The van der Waals surface area contributed by atoms with Crippen LogP contribution >= 0.6 is 0 Å². The van der Waals surface area contributed by atoms with Gasteiger partial charge in [-0.25, -0.2) is 4.98 Å². The second kappa shape index (κ2) is 8.66. The Labute approximate surface area is 170 Å². The summed E-state index contributed by atoms with van der Waals surface area (Å²) < 4.78 is 11.4. The summed E-state index contributed by atoms with van der Waals surface area (Å²) in [6.45, 7) is 6.48. The first kappa shape index (κ1) is 19.5. The normalized spacial score (nSPS) is 15.5. The highest BCUT2D eigenvalue weighted by atomic mass is 16.4. The predicted octanol–water partition coefficient (Wildman–Crippen LogP) is 4.05. The van der Waals surface area contributed by atoms with Crippen molar-refractivity contribution in [3.05, 3.63) is 65.4 Å². The van der Waals surface area contributed by atoms with E-state index in [0.29, 0.717) is 23.9 Å². The molecule has 3 heterocycles. The first-order valence-electron chi connectivity index (χ1n) is 10.2. The van der Waals surface area contributed by atoms with Crippen molar-refractivity contribution in [2.75, 3.05) is 19.6 Å². The first-order chi connectivity index (χ1) is 14.1. The minimum Gasteiger partial charge on any atom is -0.468 e. The van der Waals surface area contributed by atoms with Crippen molar-refractivity contribution in [3.8, 4) is 11.5 Å². The molecule has 1 aromatic carbocycles. The van der Waals surface area contributed by atoms with E-state index in [2.05, 4.69) is 15.2 Å². The van der Waals surface area contributed by atoms with E-state index in [1.165, 1.54) is 18.4 Å². The van der Waals surface area contributed by atoms with Crippen LogP contribution in [0, 0.1) is 13.8 Å². The van der Waals surface area contributed by atoms with E-state index in [1.54, 1.807) is 6.26 Å². The predicted molar refractivity (Wildman–Crippen MR) is 110 cm³/mol. The molecule has 0 radical (unpaired) electrons. The van der Waals surface area contributed by atoms with Gasteiger partial charge in [0, 0.05) is 12.1 Å². The molecule has 0 spiro atoms. The van der Waals surface area contributed by atoms with Crippen LogP contribution in [0.2, 0.25) is 0 Å². The summed E-state index contributed by atoms with van der Waals surface area (Å²) in [5.74, 6) is 2.06. The van der Waals surface area contributed by atoms with Crippen molar-refractivity contribution in [2.45, 2.75) is 39.2 Å². The molecular weight excluding hydrogens is 366 g/mol. The molecule has 29 heavy (non-hydrogen) atoms. The quantitative estimate of drug-likeness (QED) is 0.656. The smallest absolute Gasteiger partial charge is 0.226 e. The summed E-state index contributed by atoms with van der Waals surface area (Å²) in [5.41, 5.74) is 2.77. The lowest BCUT2D eigenvalue weighted by Crippen LogP contribution is -2.37. The highest BCUT2D eigenvalue weighted by Crippen LogP contribution is 2.25. The Kier molecular flexibility index (Phi) is 5.81. The van der Waals surface area contributed by atoms with Gasteiger partial charge in [-0.15, -0.1) is 0 Å². The number of rotatable bonds is 7. The Morgan fingerprint density at radius 2 is 1.93 bits per heavy atom. The van der Waals surface area contributed by atoms with Gasteiger partial charge >= 0.3 is 0 Å². The van der Waals surface area contributed by atoms with Crippen LogP contribution in [0.3, 0.4) is 0 Å². The fourth-order valence-corrected chi connectivity index (χ4v) is 3.78. The maximum absolute atomic E-state index is 12.6. The van der Waals surface area contributed by atoms with E-state index >= 15 is 0 Å². The fourth-order valence-electron chi connectivity index (χ4n) is 3.78. The highest BCUT2D eigenvalue weighted by molar-refractivity contribution is 5.78. The molecule has 1 fully saturated rings. The Hall–Kier alpha value is -2.86. The van der Waals surface area contributed by atoms with Crippen LogP contribution in [0.25, 0.3) is 11.5 Å². The third-order valence-corrected chi connectivity index (χ3v) is 5.46. The molecule has 1 atom stereocenters. The summed E-state index contributed by atoms with van der Waals surface area (Å²) >= 11 is 0. The number of aromatic nitrogens is 1. The van der Waals surface area contributed by atoms with Crippen LogP contribution in [0.15, 0.2) is 51.5 Å². The number of nitrogens with zero attached hydrogens (tertiary/aromatic N) is 2. The molecule has 0 saturated carbocycles. The van der Waals surface area contributed by atoms with Crippen molar-refractivity contribution in [2.24, 2.45) is 0 Å². The van der Waals surface area contributed by atoms with Crippen LogP contribution in [0.4, 0.5) is 0 Å². The number of furan rings is 1. The third kappa shape index (κ3) is 4.59. The average Bonchev–Trinajstić information content (AvgIpc) is 3.47. The van der Waals surface area contributed by atoms with Gasteiger partial charge in [0.1, 0.15) is 11.5 Å². The van der Waals surface area contributed by atoms with Crippen molar-refractivity contribution in [3.63, 3.8) is 0 Å². The van der Waals surface area contributed by atoms with Crippen LogP contribution in [-0.2, 0) is 11.2 Å². The van der Waals surface area contributed by atoms with E-state index in [4.69, 9.17) is 8.83 Å². The Morgan fingerprint density at radius 3 is 2.62 bits per heavy atom. The number of aryl methyl sites for hydroxylation is 2. The second-order valence-corrected chi connectivity index (χ2v) is 7.64. The molecule has 1 aliphatic heterocycles.